The third-order valence-corrected chi connectivity index (χ3v) is 4.82. The molecule has 27 heavy (non-hydrogen) atoms. The van der Waals surface area contributed by atoms with Crippen molar-refractivity contribution in [1.29, 1.82) is 0 Å². The fourth-order valence-electron chi connectivity index (χ4n) is 3.10. The molecule has 0 aromatic carbocycles. The normalized spacial score (nSPS) is 12.8. The molecule has 0 rings (SSSR count). The van der Waals surface area contributed by atoms with Gasteiger partial charge >= 0.3 is 0 Å². The highest BCUT2D eigenvalue weighted by atomic mass is 35.5. The molecule has 0 amide bonds. The quantitative estimate of drug-likeness (QED) is 0.235. The third kappa shape index (κ3) is 26.2. The van der Waals surface area contributed by atoms with Gasteiger partial charge in [0.2, 0.25) is 0 Å². The molecule has 4 heteroatoms. The maximum Gasteiger partial charge on any atom is 0.0897 e. The summed E-state index contributed by atoms with van der Waals surface area (Å²) in [6.07, 6.45) is 18.9. The maximum absolute atomic E-state index is 9.84. The zero-order chi connectivity index (χ0) is 19.5. The van der Waals surface area contributed by atoms with Crippen LogP contribution in [0.5, 0.6) is 0 Å². The number of unbranched alkanes of at least 4 members (excludes halogenated alkanes) is 13. The van der Waals surface area contributed by atoms with Crippen molar-refractivity contribution in [3.8, 4) is 0 Å². The largest absolute Gasteiger partial charge is 0.389 e. The lowest BCUT2D eigenvalue weighted by molar-refractivity contribution is 0.0326. The average Bonchev–Trinajstić information content (AvgIpc) is 2.59. The van der Waals surface area contributed by atoms with E-state index in [1.807, 2.05) is 0 Å². The van der Waals surface area contributed by atoms with Crippen LogP contribution in [0.3, 0.4) is 0 Å². The van der Waals surface area contributed by atoms with E-state index >= 15 is 0 Å². The monoisotopic (exact) mass is 407 g/mol. The van der Waals surface area contributed by atoms with E-state index in [1.54, 1.807) is 0 Å². The summed E-state index contributed by atoms with van der Waals surface area (Å²) < 4.78 is 5.58. The smallest absolute Gasteiger partial charge is 0.0897 e. The van der Waals surface area contributed by atoms with E-state index in [-0.39, 0.29) is 17.9 Å². The number of rotatable bonds is 19. The minimum atomic E-state index is -0.402. The first-order valence-electron chi connectivity index (χ1n) is 11.5. The highest BCUT2D eigenvalue weighted by Crippen LogP contribution is 2.13. The predicted molar refractivity (Wildman–Crippen MR) is 122 cm³/mol. The van der Waals surface area contributed by atoms with Gasteiger partial charge in [-0.05, 0) is 27.2 Å². The van der Waals surface area contributed by atoms with Crippen LogP contribution in [0.2, 0.25) is 0 Å². The molecule has 0 fully saturated rings. The van der Waals surface area contributed by atoms with Crippen LogP contribution in [-0.2, 0) is 4.74 Å². The van der Waals surface area contributed by atoms with Crippen LogP contribution < -0.4 is 5.32 Å². The summed E-state index contributed by atoms with van der Waals surface area (Å²) in [5.41, 5.74) is 0.0512. The summed E-state index contributed by atoms with van der Waals surface area (Å²) in [5, 5.41) is 13.1. The van der Waals surface area contributed by atoms with E-state index in [1.165, 1.54) is 83.5 Å². The fraction of sp³-hybridized carbons (Fsp3) is 1.00. The summed E-state index contributed by atoms with van der Waals surface area (Å²) in [5.74, 6) is 0. The number of hydrogen-bond acceptors (Lipinski definition) is 3. The lowest BCUT2D eigenvalue weighted by Gasteiger charge is -2.22. The van der Waals surface area contributed by atoms with Gasteiger partial charge in [-0.2, -0.15) is 0 Å². The molecule has 0 radical (unpaired) electrons. The molecular formula is C23H50ClNO2. The zero-order valence-electron chi connectivity index (χ0n) is 18.9. The van der Waals surface area contributed by atoms with Gasteiger partial charge in [0.1, 0.15) is 0 Å². The van der Waals surface area contributed by atoms with Gasteiger partial charge in [-0.15, -0.1) is 12.4 Å². The predicted octanol–water partition coefficient (Wildman–Crippen LogP) is 6.66. The Morgan fingerprint density at radius 3 is 1.56 bits per heavy atom. The summed E-state index contributed by atoms with van der Waals surface area (Å²) in [6.45, 7) is 10.4. The van der Waals surface area contributed by atoms with Gasteiger partial charge in [0.15, 0.2) is 0 Å². The Bertz CT molecular complexity index is 282. The number of β-amino-alcohol motifs (C(OH)–C–C–N with tert-alkyl or cyclic N) is 1. The molecule has 0 saturated carbocycles. The van der Waals surface area contributed by atoms with Crippen molar-refractivity contribution in [3.63, 3.8) is 0 Å². The summed E-state index contributed by atoms with van der Waals surface area (Å²) >= 11 is 0. The van der Waals surface area contributed by atoms with Crippen LogP contribution in [0.4, 0.5) is 0 Å². The highest BCUT2D eigenvalue weighted by Gasteiger charge is 2.11. The van der Waals surface area contributed by atoms with Crippen molar-refractivity contribution in [2.75, 3.05) is 19.8 Å². The van der Waals surface area contributed by atoms with Gasteiger partial charge in [-0.1, -0.05) is 90.4 Å². The Morgan fingerprint density at radius 2 is 1.15 bits per heavy atom. The van der Waals surface area contributed by atoms with E-state index in [0.717, 1.165) is 13.0 Å². The molecule has 3 nitrogen and oxygen atoms in total. The molecule has 0 aromatic rings. The number of ether oxygens (including phenoxy) is 1. The number of halogens is 1. The van der Waals surface area contributed by atoms with E-state index in [4.69, 9.17) is 4.74 Å². The average molecular weight is 408 g/mol. The Balaban J connectivity index is 0. The van der Waals surface area contributed by atoms with Crippen LogP contribution in [0.15, 0.2) is 0 Å². The first-order valence-corrected chi connectivity index (χ1v) is 11.5. The Morgan fingerprint density at radius 1 is 0.741 bits per heavy atom. The molecule has 0 spiro atoms. The zero-order valence-corrected chi connectivity index (χ0v) is 19.7. The number of aliphatic hydroxyl groups is 1. The standard InChI is InChI=1S/C23H49NO2.ClH/c1-5-6-7-8-9-10-11-12-13-14-15-16-17-18-19-26-21-22(25)20-24-23(2,3)4;/h22,24-25H,5-21H2,1-4H3;1H. The first-order chi connectivity index (χ1) is 12.5. The van der Waals surface area contributed by atoms with Gasteiger partial charge in [0, 0.05) is 18.7 Å². The van der Waals surface area contributed by atoms with Crippen LogP contribution in [0.25, 0.3) is 0 Å². The SMILES string of the molecule is CCCCCCCCCCCCCCCCOCC(O)CNC(C)(C)C.Cl. The molecule has 0 aliphatic heterocycles. The molecule has 2 N–H and O–H groups in total. The Labute approximate surface area is 176 Å². The second kappa shape index (κ2) is 20.9. The molecule has 1 atom stereocenters. The van der Waals surface area contributed by atoms with Crippen molar-refractivity contribution >= 4 is 12.4 Å². The molecular weight excluding hydrogens is 358 g/mol. The first kappa shape index (κ1) is 29.4. The van der Waals surface area contributed by atoms with Gasteiger partial charge < -0.3 is 15.2 Å². The van der Waals surface area contributed by atoms with Crippen LogP contribution in [-0.4, -0.2) is 36.5 Å². The van der Waals surface area contributed by atoms with E-state index in [0.29, 0.717) is 13.2 Å². The van der Waals surface area contributed by atoms with Crippen LogP contribution >= 0.6 is 12.4 Å². The topological polar surface area (TPSA) is 41.5 Å². The van der Waals surface area contributed by atoms with E-state index in [2.05, 4.69) is 33.0 Å². The molecule has 0 aliphatic rings. The fourth-order valence-corrected chi connectivity index (χ4v) is 3.10. The Hall–Kier alpha value is 0.170. The molecule has 0 bridgehead atoms. The highest BCUT2D eigenvalue weighted by molar-refractivity contribution is 5.85. The summed E-state index contributed by atoms with van der Waals surface area (Å²) in [6, 6.07) is 0. The molecule has 0 heterocycles. The second-order valence-electron chi connectivity index (χ2n) is 8.96. The van der Waals surface area contributed by atoms with Crippen molar-refractivity contribution in [2.45, 2.75) is 129 Å². The molecule has 0 aliphatic carbocycles. The van der Waals surface area contributed by atoms with Crippen LogP contribution in [0.1, 0.15) is 118 Å². The van der Waals surface area contributed by atoms with Crippen molar-refractivity contribution < 1.29 is 9.84 Å². The molecule has 0 aromatic heterocycles. The molecule has 166 valence electrons. The third-order valence-electron chi connectivity index (χ3n) is 4.82. The Kier molecular flexibility index (Phi) is 22.7. The van der Waals surface area contributed by atoms with E-state index < -0.39 is 6.10 Å². The van der Waals surface area contributed by atoms with Crippen molar-refractivity contribution in [3.05, 3.63) is 0 Å². The minimum absolute atomic E-state index is 0. The number of nitrogens with one attached hydrogen (secondary N) is 1. The second-order valence-corrected chi connectivity index (χ2v) is 8.96. The summed E-state index contributed by atoms with van der Waals surface area (Å²) in [4.78, 5) is 0. The summed E-state index contributed by atoms with van der Waals surface area (Å²) in [7, 11) is 0. The number of hydrogen-bond donors (Lipinski definition) is 2. The minimum Gasteiger partial charge on any atom is -0.389 e. The maximum atomic E-state index is 9.84. The molecule has 0 saturated heterocycles. The van der Waals surface area contributed by atoms with Crippen molar-refractivity contribution in [2.24, 2.45) is 0 Å². The van der Waals surface area contributed by atoms with Gasteiger partial charge in [0.25, 0.3) is 0 Å². The lowest BCUT2D eigenvalue weighted by Crippen LogP contribution is -2.42. The molecule has 1 unspecified atom stereocenters. The van der Waals surface area contributed by atoms with Gasteiger partial charge in [-0.3, -0.25) is 0 Å². The van der Waals surface area contributed by atoms with Crippen molar-refractivity contribution in [1.82, 2.24) is 5.32 Å². The van der Waals surface area contributed by atoms with Gasteiger partial charge in [-0.25, -0.2) is 0 Å². The van der Waals surface area contributed by atoms with Crippen LogP contribution in [0, 0.1) is 0 Å². The number of aliphatic hydroxyl groups excluding tert-OH is 1. The lowest BCUT2D eigenvalue weighted by atomic mass is 10.0. The van der Waals surface area contributed by atoms with Gasteiger partial charge in [0.05, 0.1) is 12.7 Å². The van der Waals surface area contributed by atoms with E-state index in [9.17, 15) is 5.11 Å².